The zero-order valence-corrected chi connectivity index (χ0v) is 9.15. The summed E-state index contributed by atoms with van der Waals surface area (Å²) in [6, 6.07) is 5.66. The average Bonchev–Trinajstić information content (AvgIpc) is 2.62. The van der Waals surface area contributed by atoms with Crippen molar-refractivity contribution in [2.75, 3.05) is 6.01 Å². The molecule has 80 valence electrons. The van der Waals surface area contributed by atoms with E-state index < -0.39 is 16.1 Å². The molecule has 0 aliphatic heterocycles. The van der Waals surface area contributed by atoms with E-state index in [0.717, 1.165) is 4.70 Å². The number of alkyl halides is 1. The Labute approximate surface area is 90.2 Å². The van der Waals surface area contributed by atoms with E-state index in [-0.39, 0.29) is 5.75 Å². The van der Waals surface area contributed by atoms with E-state index in [1.54, 1.807) is 17.5 Å². The van der Waals surface area contributed by atoms with Crippen molar-refractivity contribution in [2.45, 2.75) is 0 Å². The minimum Gasteiger partial charge on any atom is -0.379 e. The van der Waals surface area contributed by atoms with Crippen LogP contribution in [0.2, 0.25) is 0 Å². The van der Waals surface area contributed by atoms with Crippen molar-refractivity contribution in [3.63, 3.8) is 0 Å². The van der Waals surface area contributed by atoms with E-state index in [4.69, 9.17) is 0 Å². The minimum atomic E-state index is -4.09. The molecule has 2 rings (SSSR count). The van der Waals surface area contributed by atoms with Crippen LogP contribution in [0.15, 0.2) is 29.6 Å². The van der Waals surface area contributed by atoms with Crippen molar-refractivity contribution in [1.29, 1.82) is 0 Å². The van der Waals surface area contributed by atoms with Gasteiger partial charge >= 0.3 is 10.1 Å². The predicted octanol–water partition coefficient (Wildman–Crippen LogP) is 2.54. The third-order valence-electron chi connectivity index (χ3n) is 1.80. The number of halogens is 1. The van der Waals surface area contributed by atoms with E-state index in [9.17, 15) is 12.8 Å². The van der Waals surface area contributed by atoms with Gasteiger partial charge in [-0.05, 0) is 12.1 Å². The Balaban J connectivity index is 2.46. The molecular formula is C9H7FO3S2. The lowest BCUT2D eigenvalue weighted by Crippen LogP contribution is -2.10. The third-order valence-corrected chi connectivity index (χ3v) is 3.44. The Morgan fingerprint density at radius 1 is 1.33 bits per heavy atom. The molecule has 0 unspecified atom stereocenters. The summed E-state index contributed by atoms with van der Waals surface area (Å²) in [5.74, 6) is 0.188. The largest absolute Gasteiger partial charge is 0.379 e. The highest BCUT2D eigenvalue weighted by atomic mass is 32.2. The second kappa shape index (κ2) is 3.79. The lowest BCUT2D eigenvalue weighted by Gasteiger charge is -2.01. The van der Waals surface area contributed by atoms with Gasteiger partial charge in [0.15, 0.2) is 5.75 Å². The molecular weight excluding hydrogens is 239 g/mol. The molecule has 0 saturated carbocycles. The third kappa shape index (κ3) is 2.10. The minimum absolute atomic E-state index is 0.188. The van der Waals surface area contributed by atoms with E-state index >= 15 is 0 Å². The Morgan fingerprint density at radius 2 is 2.07 bits per heavy atom. The number of benzene rings is 1. The molecule has 0 amide bonds. The SMILES string of the molecule is O=S(=O)(CF)Oc1csc2ccccc12. The molecule has 0 fully saturated rings. The van der Waals surface area contributed by atoms with Gasteiger partial charge in [-0.15, -0.1) is 11.3 Å². The topological polar surface area (TPSA) is 43.4 Å². The maximum atomic E-state index is 12.1. The molecule has 1 aromatic carbocycles. The molecule has 0 bridgehead atoms. The van der Waals surface area contributed by atoms with Gasteiger partial charge in [0.2, 0.25) is 6.01 Å². The highest BCUT2D eigenvalue weighted by molar-refractivity contribution is 7.86. The van der Waals surface area contributed by atoms with Gasteiger partial charge in [0, 0.05) is 15.5 Å². The first-order valence-electron chi connectivity index (χ1n) is 4.07. The maximum absolute atomic E-state index is 12.1. The maximum Gasteiger partial charge on any atom is 0.339 e. The lowest BCUT2D eigenvalue weighted by atomic mass is 10.2. The van der Waals surface area contributed by atoms with Crippen LogP contribution >= 0.6 is 11.3 Å². The molecule has 0 radical (unpaired) electrons. The van der Waals surface area contributed by atoms with Crippen LogP contribution in [0, 0.1) is 0 Å². The zero-order valence-electron chi connectivity index (χ0n) is 7.51. The molecule has 1 heterocycles. The van der Waals surface area contributed by atoms with Crippen molar-refractivity contribution < 1.29 is 17.0 Å². The smallest absolute Gasteiger partial charge is 0.339 e. The number of hydrogen-bond donors (Lipinski definition) is 0. The highest BCUT2D eigenvalue weighted by Gasteiger charge is 2.14. The van der Waals surface area contributed by atoms with Gasteiger partial charge in [-0.1, -0.05) is 12.1 Å². The zero-order chi connectivity index (χ0) is 10.9. The Bertz CT molecular complexity index is 574. The van der Waals surface area contributed by atoms with Gasteiger partial charge < -0.3 is 4.18 Å². The molecule has 0 saturated heterocycles. The normalized spacial score (nSPS) is 11.8. The Hall–Kier alpha value is -1.14. The van der Waals surface area contributed by atoms with Crippen molar-refractivity contribution in [3.05, 3.63) is 29.6 Å². The monoisotopic (exact) mass is 246 g/mol. The van der Waals surface area contributed by atoms with Gasteiger partial charge in [0.25, 0.3) is 0 Å². The molecule has 0 N–H and O–H groups in total. The molecule has 15 heavy (non-hydrogen) atoms. The summed E-state index contributed by atoms with van der Waals surface area (Å²) in [7, 11) is -4.09. The van der Waals surface area contributed by atoms with Crippen molar-refractivity contribution in [2.24, 2.45) is 0 Å². The first kappa shape index (κ1) is 10.4. The molecule has 0 atom stereocenters. The van der Waals surface area contributed by atoms with E-state index in [1.165, 1.54) is 11.3 Å². The summed E-state index contributed by atoms with van der Waals surface area (Å²) in [6.45, 7) is 0. The molecule has 0 spiro atoms. The fourth-order valence-corrected chi connectivity index (χ4v) is 2.56. The van der Waals surface area contributed by atoms with Crippen molar-refractivity contribution in [1.82, 2.24) is 0 Å². The van der Waals surface area contributed by atoms with Crippen LogP contribution in [0.3, 0.4) is 0 Å². The molecule has 0 aliphatic rings. The van der Waals surface area contributed by atoms with Gasteiger partial charge in [-0.2, -0.15) is 8.42 Å². The van der Waals surface area contributed by atoms with Crippen LogP contribution in [-0.4, -0.2) is 14.4 Å². The Morgan fingerprint density at radius 3 is 2.80 bits per heavy atom. The number of hydrogen-bond acceptors (Lipinski definition) is 4. The lowest BCUT2D eigenvalue weighted by molar-refractivity contribution is 0.454. The van der Waals surface area contributed by atoms with Crippen LogP contribution < -0.4 is 4.18 Å². The summed E-state index contributed by atoms with van der Waals surface area (Å²) >= 11 is 1.35. The van der Waals surface area contributed by atoms with Crippen LogP contribution in [0.1, 0.15) is 0 Å². The molecule has 3 nitrogen and oxygen atoms in total. The molecule has 1 aromatic heterocycles. The quantitative estimate of drug-likeness (QED) is 0.782. The number of fused-ring (bicyclic) bond motifs is 1. The van der Waals surface area contributed by atoms with Crippen LogP contribution in [0.25, 0.3) is 10.1 Å². The fraction of sp³-hybridized carbons (Fsp3) is 0.111. The van der Waals surface area contributed by atoms with E-state index in [2.05, 4.69) is 4.18 Å². The highest BCUT2D eigenvalue weighted by Crippen LogP contribution is 2.32. The van der Waals surface area contributed by atoms with Gasteiger partial charge in [-0.25, -0.2) is 4.39 Å². The summed E-state index contributed by atoms with van der Waals surface area (Å²) in [5, 5.41) is 2.23. The second-order valence-corrected chi connectivity index (χ2v) is 5.26. The van der Waals surface area contributed by atoms with E-state index in [1.807, 2.05) is 12.1 Å². The molecule has 0 aliphatic carbocycles. The predicted molar refractivity (Wildman–Crippen MR) is 57.3 cm³/mol. The van der Waals surface area contributed by atoms with Crippen LogP contribution in [0.4, 0.5) is 4.39 Å². The summed E-state index contributed by atoms with van der Waals surface area (Å²) in [6.07, 6.45) is 0. The first-order chi connectivity index (χ1) is 7.12. The number of thiophene rings is 1. The van der Waals surface area contributed by atoms with Crippen LogP contribution in [0.5, 0.6) is 5.75 Å². The summed E-state index contributed by atoms with van der Waals surface area (Å²) in [5.41, 5.74) is 0. The summed E-state index contributed by atoms with van der Waals surface area (Å²) in [4.78, 5) is 0. The first-order valence-corrected chi connectivity index (χ1v) is 6.52. The Kier molecular flexibility index (Phi) is 2.62. The average molecular weight is 246 g/mol. The van der Waals surface area contributed by atoms with Crippen molar-refractivity contribution >= 4 is 31.5 Å². The number of rotatable bonds is 3. The molecule has 2 aromatic rings. The van der Waals surface area contributed by atoms with E-state index in [0.29, 0.717) is 5.39 Å². The van der Waals surface area contributed by atoms with Crippen molar-refractivity contribution in [3.8, 4) is 5.75 Å². The van der Waals surface area contributed by atoms with Gasteiger partial charge in [0.1, 0.15) is 0 Å². The van der Waals surface area contributed by atoms with Gasteiger partial charge in [0.05, 0.1) is 0 Å². The second-order valence-electron chi connectivity index (χ2n) is 2.85. The molecule has 6 heteroatoms. The fourth-order valence-electron chi connectivity index (χ4n) is 1.18. The van der Waals surface area contributed by atoms with Crippen LogP contribution in [-0.2, 0) is 10.1 Å². The summed E-state index contributed by atoms with van der Waals surface area (Å²) < 4.78 is 39.4. The van der Waals surface area contributed by atoms with Gasteiger partial charge in [-0.3, -0.25) is 0 Å². The standard InChI is InChI=1S/C9H7FO3S2/c10-6-15(11,12)13-8-5-14-9-4-2-1-3-7(8)9/h1-5H,6H2.